The average Bonchev–Trinajstić information content (AvgIpc) is 3.08. The number of hydrogen-bond donors (Lipinski definition) is 1. The minimum atomic E-state index is -0.156. The summed E-state index contributed by atoms with van der Waals surface area (Å²) in [5, 5.41) is 6.66. The lowest BCUT2D eigenvalue weighted by Gasteiger charge is -2.05. The summed E-state index contributed by atoms with van der Waals surface area (Å²) in [6.45, 7) is 2.30. The normalized spacial score (nSPS) is 10.5. The molecule has 5 heteroatoms. The van der Waals surface area contributed by atoms with E-state index in [1.54, 1.807) is 0 Å². The predicted molar refractivity (Wildman–Crippen MR) is 91.3 cm³/mol. The largest absolute Gasteiger partial charge is 0.345 e. The number of aryl methyl sites for hydroxylation is 1. The number of benzene rings is 2. The Morgan fingerprint density at radius 2 is 1.75 bits per heavy atom. The molecule has 2 aromatic carbocycles. The minimum absolute atomic E-state index is 0.156. The SMILES string of the molecule is CCCc1nc(CNC(=O)c2ccc(-c3ccccc3)cc2)no1. The molecule has 24 heavy (non-hydrogen) atoms. The van der Waals surface area contributed by atoms with Crippen LogP contribution >= 0.6 is 0 Å². The topological polar surface area (TPSA) is 68.0 Å². The maximum Gasteiger partial charge on any atom is 0.251 e. The molecule has 122 valence electrons. The lowest BCUT2D eigenvalue weighted by molar-refractivity contribution is 0.0949. The van der Waals surface area contributed by atoms with Crippen LogP contribution in [0.4, 0.5) is 0 Å². The van der Waals surface area contributed by atoms with Gasteiger partial charge in [0.1, 0.15) is 0 Å². The minimum Gasteiger partial charge on any atom is -0.345 e. The van der Waals surface area contributed by atoms with Gasteiger partial charge in [-0.1, -0.05) is 54.5 Å². The van der Waals surface area contributed by atoms with Crippen molar-refractivity contribution < 1.29 is 9.32 Å². The fourth-order valence-corrected chi connectivity index (χ4v) is 2.38. The number of carbonyl (C=O) groups excluding carboxylic acids is 1. The number of hydrogen-bond acceptors (Lipinski definition) is 4. The van der Waals surface area contributed by atoms with Gasteiger partial charge in [-0.2, -0.15) is 4.98 Å². The third kappa shape index (κ3) is 3.87. The Labute approximate surface area is 140 Å². The molecule has 1 heterocycles. The van der Waals surface area contributed by atoms with Crippen LogP contribution in [-0.2, 0) is 13.0 Å². The summed E-state index contributed by atoms with van der Waals surface area (Å²) in [5.41, 5.74) is 2.81. The van der Waals surface area contributed by atoms with Gasteiger partial charge in [-0.05, 0) is 29.7 Å². The number of nitrogens with one attached hydrogen (secondary N) is 1. The van der Waals surface area contributed by atoms with Crippen LogP contribution in [0.5, 0.6) is 0 Å². The molecular weight excluding hydrogens is 302 g/mol. The molecule has 0 aliphatic heterocycles. The first-order valence-electron chi connectivity index (χ1n) is 8.01. The summed E-state index contributed by atoms with van der Waals surface area (Å²) in [5.74, 6) is 0.943. The highest BCUT2D eigenvalue weighted by molar-refractivity contribution is 5.94. The standard InChI is InChI=1S/C19H19N3O2/c1-2-6-18-21-17(22-24-18)13-20-19(23)16-11-9-15(10-12-16)14-7-4-3-5-8-14/h3-5,7-12H,2,6,13H2,1H3,(H,20,23). The second-order valence-corrected chi connectivity index (χ2v) is 5.48. The van der Waals surface area contributed by atoms with Crippen molar-refractivity contribution in [1.82, 2.24) is 15.5 Å². The highest BCUT2D eigenvalue weighted by atomic mass is 16.5. The fourth-order valence-electron chi connectivity index (χ4n) is 2.38. The van der Waals surface area contributed by atoms with Crippen LogP contribution in [0.2, 0.25) is 0 Å². The van der Waals surface area contributed by atoms with Gasteiger partial charge in [0.2, 0.25) is 5.89 Å². The van der Waals surface area contributed by atoms with Gasteiger partial charge in [-0.15, -0.1) is 0 Å². The number of aromatic nitrogens is 2. The molecule has 5 nitrogen and oxygen atoms in total. The van der Waals surface area contributed by atoms with Gasteiger partial charge >= 0.3 is 0 Å². The summed E-state index contributed by atoms with van der Waals surface area (Å²) in [6, 6.07) is 17.6. The predicted octanol–water partition coefficient (Wildman–Crippen LogP) is 3.62. The lowest BCUT2D eigenvalue weighted by atomic mass is 10.0. The Morgan fingerprint density at radius 1 is 1.04 bits per heavy atom. The molecule has 1 amide bonds. The van der Waals surface area contributed by atoms with Crippen LogP contribution in [0.15, 0.2) is 59.1 Å². The van der Waals surface area contributed by atoms with Crippen molar-refractivity contribution >= 4 is 5.91 Å². The molecule has 0 spiro atoms. The highest BCUT2D eigenvalue weighted by Crippen LogP contribution is 2.19. The van der Waals surface area contributed by atoms with E-state index in [1.165, 1.54) is 0 Å². The summed E-state index contributed by atoms with van der Waals surface area (Å²) >= 11 is 0. The number of rotatable bonds is 6. The van der Waals surface area contributed by atoms with Crippen molar-refractivity contribution in [2.45, 2.75) is 26.3 Å². The van der Waals surface area contributed by atoms with Crippen LogP contribution in [0.25, 0.3) is 11.1 Å². The van der Waals surface area contributed by atoms with Crippen LogP contribution in [0.3, 0.4) is 0 Å². The van der Waals surface area contributed by atoms with Crippen LogP contribution < -0.4 is 5.32 Å². The van der Waals surface area contributed by atoms with Gasteiger partial charge in [0.25, 0.3) is 5.91 Å². The molecular formula is C19H19N3O2. The van der Waals surface area contributed by atoms with Gasteiger partial charge in [-0.25, -0.2) is 0 Å². The second kappa shape index (κ2) is 7.55. The maximum atomic E-state index is 12.2. The van der Waals surface area contributed by atoms with Gasteiger partial charge in [0, 0.05) is 12.0 Å². The zero-order valence-corrected chi connectivity index (χ0v) is 13.5. The molecule has 0 aliphatic carbocycles. The number of amides is 1. The smallest absolute Gasteiger partial charge is 0.251 e. The molecule has 0 fully saturated rings. The van der Waals surface area contributed by atoms with Crippen molar-refractivity contribution in [3.8, 4) is 11.1 Å². The molecule has 0 saturated carbocycles. The third-order valence-electron chi connectivity index (χ3n) is 3.64. The van der Waals surface area contributed by atoms with E-state index in [9.17, 15) is 4.79 Å². The quantitative estimate of drug-likeness (QED) is 0.753. The Hall–Kier alpha value is -2.95. The van der Waals surface area contributed by atoms with E-state index in [4.69, 9.17) is 4.52 Å². The number of nitrogens with zero attached hydrogens (tertiary/aromatic N) is 2. The average molecular weight is 321 g/mol. The first kappa shape index (κ1) is 15.9. The van der Waals surface area contributed by atoms with E-state index in [1.807, 2.05) is 61.5 Å². The van der Waals surface area contributed by atoms with E-state index in [2.05, 4.69) is 15.5 Å². The van der Waals surface area contributed by atoms with Crippen molar-refractivity contribution in [2.75, 3.05) is 0 Å². The van der Waals surface area contributed by atoms with E-state index in [0.29, 0.717) is 17.3 Å². The van der Waals surface area contributed by atoms with Crippen molar-refractivity contribution in [1.29, 1.82) is 0 Å². The van der Waals surface area contributed by atoms with Crippen LogP contribution in [0.1, 0.15) is 35.4 Å². The summed E-state index contributed by atoms with van der Waals surface area (Å²) in [6.07, 6.45) is 1.70. The maximum absolute atomic E-state index is 12.2. The van der Waals surface area contributed by atoms with Crippen molar-refractivity contribution in [3.05, 3.63) is 71.9 Å². The van der Waals surface area contributed by atoms with E-state index < -0.39 is 0 Å². The van der Waals surface area contributed by atoms with Gasteiger partial charge in [-0.3, -0.25) is 4.79 Å². The molecule has 1 aromatic heterocycles. The van der Waals surface area contributed by atoms with Crippen LogP contribution in [0, 0.1) is 0 Å². The van der Waals surface area contributed by atoms with Crippen molar-refractivity contribution in [2.24, 2.45) is 0 Å². The summed E-state index contributed by atoms with van der Waals surface area (Å²) in [4.78, 5) is 16.4. The zero-order valence-electron chi connectivity index (χ0n) is 13.5. The van der Waals surface area contributed by atoms with Gasteiger partial charge in [0.05, 0.1) is 6.54 Å². The molecule has 0 bridgehead atoms. The molecule has 1 N–H and O–H groups in total. The molecule has 0 saturated heterocycles. The van der Waals surface area contributed by atoms with E-state index in [0.717, 1.165) is 24.0 Å². The molecule has 0 unspecified atom stereocenters. The molecule has 0 aliphatic rings. The Balaban J connectivity index is 1.60. The first-order chi connectivity index (χ1) is 11.8. The molecule has 0 radical (unpaired) electrons. The molecule has 0 atom stereocenters. The fraction of sp³-hybridized carbons (Fsp3) is 0.211. The number of carbonyl (C=O) groups is 1. The zero-order chi connectivity index (χ0) is 16.8. The molecule has 3 aromatic rings. The van der Waals surface area contributed by atoms with E-state index >= 15 is 0 Å². The van der Waals surface area contributed by atoms with Crippen molar-refractivity contribution in [3.63, 3.8) is 0 Å². The van der Waals surface area contributed by atoms with Crippen LogP contribution in [-0.4, -0.2) is 16.0 Å². The lowest BCUT2D eigenvalue weighted by Crippen LogP contribution is -2.23. The molecule has 3 rings (SSSR count). The Bertz CT molecular complexity index is 795. The van der Waals surface area contributed by atoms with E-state index in [-0.39, 0.29) is 12.5 Å². The Morgan fingerprint density at radius 3 is 2.46 bits per heavy atom. The second-order valence-electron chi connectivity index (χ2n) is 5.48. The monoisotopic (exact) mass is 321 g/mol. The van der Waals surface area contributed by atoms with Gasteiger partial charge in [0.15, 0.2) is 5.82 Å². The Kier molecular flexibility index (Phi) is 5.01. The highest BCUT2D eigenvalue weighted by Gasteiger charge is 2.09. The third-order valence-corrected chi connectivity index (χ3v) is 3.64. The summed E-state index contributed by atoms with van der Waals surface area (Å²) in [7, 11) is 0. The van der Waals surface area contributed by atoms with Gasteiger partial charge < -0.3 is 9.84 Å². The first-order valence-corrected chi connectivity index (χ1v) is 8.01. The summed E-state index contributed by atoms with van der Waals surface area (Å²) < 4.78 is 5.10.